The lowest BCUT2D eigenvalue weighted by molar-refractivity contribution is 0.447. The zero-order valence-corrected chi connectivity index (χ0v) is 19.4. The van der Waals surface area contributed by atoms with Crippen LogP contribution in [0.3, 0.4) is 0 Å². The summed E-state index contributed by atoms with van der Waals surface area (Å²) >= 11 is 2.61. The average Bonchev–Trinajstić information content (AvgIpc) is 2.76. The molecule has 32 heavy (non-hydrogen) atoms. The molecular weight excluding hydrogens is 436 g/mol. The van der Waals surface area contributed by atoms with Crippen LogP contribution in [0.15, 0.2) is 106 Å². The fourth-order valence-corrected chi connectivity index (χ4v) is 5.32. The number of aromatic hydroxyl groups is 3. The standard InChI is InChI=1S/C27H26O3S2/c1-4-7-18-10-12-21(28)23(14-18)31-25-16-20(9-6-3)17-26(27(25)30)32-24-15-19(8-5-2)11-13-22(24)29/h4-6,10-17,28-30H,1-3,7-9H2. The molecule has 164 valence electrons. The van der Waals surface area contributed by atoms with Crippen molar-refractivity contribution in [1.82, 2.24) is 0 Å². The second kappa shape index (κ2) is 11.0. The van der Waals surface area contributed by atoms with Crippen molar-refractivity contribution >= 4 is 23.5 Å². The maximum atomic E-state index is 11.1. The molecule has 0 bridgehead atoms. The van der Waals surface area contributed by atoms with Crippen molar-refractivity contribution in [3.63, 3.8) is 0 Å². The fraction of sp³-hybridized carbons (Fsp3) is 0.111. The number of phenols is 3. The van der Waals surface area contributed by atoms with Gasteiger partial charge in [0.1, 0.15) is 17.2 Å². The Morgan fingerprint density at radius 1 is 0.562 bits per heavy atom. The quantitative estimate of drug-likeness (QED) is 0.276. The highest BCUT2D eigenvalue weighted by molar-refractivity contribution is 8.00. The van der Waals surface area contributed by atoms with E-state index in [1.807, 2.05) is 48.6 Å². The third-order valence-corrected chi connectivity index (χ3v) is 6.88. The van der Waals surface area contributed by atoms with Crippen LogP contribution < -0.4 is 0 Å². The Bertz CT molecular complexity index is 1070. The normalized spacial score (nSPS) is 10.6. The molecule has 0 aliphatic carbocycles. The number of allylic oxidation sites excluding steroid dienone is 3. The Morgan fingerprint density at radius 2 is 0.938 bits per heavy atom. The number of hydrogen-bond donors (Lipinski definition) is 3. The molecule has 3 nitrogen and oxygen atoms in total. The van der Waals surface area contributed by atoms with Gasteiger partial charge in [-0.15, -0.1) is 19.7 Å². The Kier molecular flexibility index (Phi) is 8.14. The van der Waals surface area contributed by atoms with Crippen molar-refractivity contribution in [3.05, 3.63) is 103 Å². The van der Waals surface area contributed by atoms with Crippen LogP contribution in [0, 0.1) is 0 Å². The van der Waals surface area contributed by atoms with Crippen molar-refractivity contribution in [3.8, 4) is 17.2 Å². The zero-order chi connectivity index (χ0) is 23.1. The number of benzene rings is 3. The topological polar surface area (TPSA) is 60.7 Å². The first-order valence-electron chi connectivity index (χ1n) is 10.1. The number of phenolic OH excluding ortho intramolecular Hbond substituents is 3. The summed E-state index contributed by atoms with van der Waals surface area (Å²) in [6.07, 6.45) is 7.44. The van der Waals surface area contributed by atoms with Crippen LogP contribution in [-0.4, -0.2) is 15.3 Å². The maximum absolute atomic E-state index is 11.1. The predicted octanol–water partition coefficient (Wildman–Crippen LogP) is 7.29. The molecule has 0 saturated carbocycles. The third kappa shape index (κ3) is 5.81. The van der Waals surface area contributed by atoms with Gasteiger partial charge in [0.2, 0.25) is 0 Å². The van der Waals surface area contributed by atoms with Gasteiger partial charge in [-0.2, -0.15) is 0 Å². The van der Waals surface area contributed by atoms with E-state index < -0.39 is 0 Å². The first kappa shape index (κ1) is 23.6. The van der Waals surface area contributed by atoms with Gasteiger partial charge < -0.3 is 15.3 Å². The molecule has 0 amide bonds. The maximum Gasteiger partial charge on any atom is 0.143 e. The Hall–Kier alpha value is -3.02. The van der Waals surface area contributed by atoms with Crippen LogP contribution in [0.1, 0.15) is 16.7 Å². The van der Waals surface area contributed by atoms with E-state index in [1.165, 1.54) is 23.5 Å². The molecule has 0 fully saturated rings. The van der Waals surface area contributed by atoms with Crippen LogP contribution in [0.4, 0.5) is 0 Å². The summed E-state index contributed by atoms with van der Waals surface area (Å²) in [5.41, 5.74) is 3.03. The lowest BCUT2D eigenvalue weighted by Gasteiger charge is -2.14. The highest BCUT2D eigenvalue weighted by Gasteiger charge is 2.16. The summed E-state index contributed by atoms with van der Waals surface area (Å²) in [5, 5.41) is 31.8. The largest absolute Gasteiger partial charge is 0.507 e. The van der Waals surface area contributed by atoms with Crippen molar-refractivity contribution in [2.75, 3.05) is 0 Å². The van der Waals surface area contributed by atoms with Crippen molar-refractivity contribution in [2.45, 2.75) is 38.8 Å². The molecule has 0 unspecified atom stereocenters. The first-order valence-corrected chi connectivity index (χ1v) is 11.8. The van der Waals surface area contributed by atoms with Gasteiger partial charge in [-0.05, 0) is 72.4 Å². The molecule has 0 aromatic heterocycles. The molecule has 5 heteroatoms. The number of hydrogen-bond acceptors (Lipinski definition) is 5. The highest BCUT2D eigenvalue weighted by Crippen LogP contribution is 2.47. The van der Waals surface area contributed by atoms with Gasteiger partial charge in [-0.3, -0.25) is 0 Å². The van der Waals surface area contributed by atoms with Crippen LogP contribution in [-0.2, 0) is 19.3 Å². The third-order valence-electron chi connectivity index (χ3n) is 4.73. The van der Waals surface area contributed by atoms with Crippen LogP contribution >= 0.6 is 23.5 Å². The molecule has 0 heterocycles. The molecule has 3 aromatic carbocycles. The number of rotatable bonds is 10. The molecular formula is C27H26O3S2. The molecule has 3 N–H and O–H groups in total. The van der Waals surface area contributed by atoms with Gasteiger partial charge in [0.05, 0.1) is 19.6 Å². The summed E-state index contributed by atoms with van der Waals surface area (Å²) in [4.78, 5) is 2.56. The Balaban J connectivity index is 2.01. The van der Waals surface area contributed by atoms with E-state index in [9.17, 15) is 15.3 Å². The van der Waals surface area contributed by atoms with Crippen molar-refractivity contribution in [2.24, 2.45) is 0 Å². The second-order valence-electron chi connectivity index (χ2n) is 7.23. The zero-order valence-electron chi connectivity index (χ0n) is 17.8. The van der Waals surface area contributed by atoms with E-state index >= 15 is 0 Å². The molecule has 3 rings (SSSR count). The lowest BCUT2D eigenvalue weighted by atomic mass is 10.1. The molecule has 0 radical (unpaired) electrons. The van der Waals surface area contributed by atoms with E-state index in [0.29, 0.717) is 38.8 Å². The predicted molar refractivity (Wildman–Crippen MR) is 134 cm³/mol. The minimum absolute atomic E-state index is 0.106. The van der Waals surface area contributed by atoms with E-state index in [1.54, 1.807) is 18.2 Å². The summed E-state index contributed by atoms with van der Waals surface area (Å²) in [6.45, 7) is 11.4. The smallest absolute Gasteiger partial charge is 0.143 e. The average molecular weight is 463 g/mol. The lowest BCUT2D eigenvalue weighted by Crippen LogP contribution is -1.89. The summed E-state index contributed by atoms with van der Waals surface area (Å²) < 4.78 is 0. The summed E-state index contributed by atoms with van der Waals surface area (Å²) in [7, 11) is 0. The van der Waals surface area contributed by atoms with E-state index in [-0.39, 0.29) is 17.2 Å². The van der Waals surface area contributed by atoms with Crippen molar-refractivity contribution in [1.29, 1.82) is 0 Å². The second-order valence-corrected chi connectivity index (χ2v) is 9.39. The molecule has 0 aliphatic heterocycles. The first-order chi connectivity index (χ1) is 15.4. The van der Waals surface area contributed by atoms with Gasteiger partial charge in [0, 0.05) is 0 Å². The minimum Gasteiger partial charge on any atom is -0.507 e. The SMILES string of the molecule is C=CCc1ccc(O)c(Sc2cc(CC=C)cc(Sc3cc(CC=C)ccc3O)c2O)c1. The molecule has 3 aromatic rings. The summed E-state index contributed by atoms with van der Waals surface area (Å²) in [5.74, 6) is 0.412. The minimum atomic E-state index is 0.106. The van der Waals surface area contributed by atoms with Gasteiger partial charge in [0.25, 0.3) is 0 Å². The monoisotopic (exact) mass is 462 g/mol. The van der Waals surface area contributed by atoms with Crippen LogP contribution in [0.25, 0.3) is 0 Å². The van der Waals surface area contributed by atoms with E-state index in [4.69, 9.17) is 0 Å². The van der Waals surface area contributed by atoms with Gasteiger partial charge in [-0.1, -0.05) is 53.9 Å². The Labute approximate surface area is 197 Å². The Morgan fingerprint density at radius 3 is 1.34 bits per heavy atom. The van der Waals surface area contributed by atoms with Crippen LogP contribution in [0.5, 0.6) is 17.2 Å². The molecule has 0 atom stereocenters. The van der Waals surface area contributed by atoms with E-state index in [0.717, 1.165) is 16.7 Å². The highest BCUT2D eigenvalue weighted by atomic mass is 32.2. The van der Waals surface area contributed by atoms with Gasteiger partial charge in [0.15, 0.2) is 0 Å². The molecule has 0 aliphatic rings. The van der Waals surface area contributed by atoms with Crippen LogP contribution in [0.2, 0.25) is 0 Å². The summed E-state index contributed by atoms with van der Waals surface area (Å²) in [6, 6.07) is 14.6. The molecule has 0 spiro atoms. The fourth-order valence-electron chi connectivity index (χ4n) is 3.18. The van der Waals surface area contributed by atoms with Gasteiger partial charge in [-0.25, -0.2) is 0 Å². The van der Waals surface area contributed by atoms with Crippen molar-refractivity contribution < 1.29 is 15.3 Å². The van der Waals surface area contributed by atoms with E-state index in [2.05, 4.69) is 19.7 Å². The molecule has 0 saturated heterocycles. The van der Waals surface area contributed by atoms with Gasteiger partial charge >= 0.3 is 0 Å².